The lowest BCUT2D eigenvalue weighted by molar-refractivity contribution is -0.117. The van der Waals surface area contributed by atoms with Crippen molar-refractivity contribution in [2.24, 2.45) is 0 Å². The van der Waals surface area contributed by atoms with E-state index in [1.165, 1.54) is 0 Å². The molecule has 4 rings (SSSR count). The first-order chi connectivity index (χ1) is 11.5. The van der Waals surface area contributed by atoms with E-state index in [1.54, 1.807) is 15.4 Å². The van der Waals surface area contributed by atoms with Crippen LogP contribution in [0.2, 0.25) is 0 Å². The zero-order valence-electron chi connectivity index (χ0n) is 13.7. The molecule has 0 atom stereocenters. The van der Waals surface area contributed by atoms with E-state index in [2.05, 4.69) is 10.00 Å². The highest BCUT2D eigenvalue weighted by molar-refractivity contribution is 7.89. The molecule has 9 heteroatoms. The Morgan fingerprint density at radius 2 is 2.00 bits per heavy atom. The summed E-state index contributed by atoms with van der Waals surface area (Å²) in [5.41, 5.74) is 0.888. The fourth-order valence-corrected chi connectivity index (χ4v) is 5.20. The molecule has 1 amide bonds. The maximum absolute atomic E-state index is 11.8. The minimum absolute atomic E-state index is 0.177. The molecule has 0 radical (unpaired) electrons. The van der Waals surface area contributed by atoms with Crippen molar-refractivity contribution in [2.45, 2.75) is 25.3 Å². The molecule has 0 aromatic carbocycles. The highest BCUT2D eigenvalue weighted by Gasteiger charge is 2.33. The molecule has 132 valence electrons. The molecule has 3 saturated heterocycles. The van der Waals surface area contributed by atoms with Gasteiger partial charge in [-0.1, -0.05) is 0 Å². The first-order valence-electron chi connectivity index (χ1n) is 8.58. The van der Waals surface area contributed by atoms with Crippen molar-refractivity contribution in [1.82, 2.24) is 19.0 Å². The van der Waals surface area contributed by atoms with Crippen molar-refractivity contribution in [3.05, 3.63) is 12.4 Å². The van der Waals surface area contributed by atoms with Crippen LogP contribution in [0, 0.1) is 0 Å². The van der Waals surface area contributed by atoms with Crippen LogP contribution in [-0.4, -0.2) is 78.3 Å². The predicted molar refractivity (Wildman–Crippen MR) is 89.3 cm³/mol. The van der Waals surface area contributed by atoms with Gasteiger partial charge in [0, 0.05) is 51.9 Å². The largest absolute Gasteiger partial charge is 0.309 e. The Balaban J connectivity index is 1.27. The Bertz CT molecular complexity index is 725. The van der Waals surface area contributed by atoms with Crippen molar-refractivity contribution in [2.75, 3.05) is 49.9 Å². The number of carbonyl (C=O) groups excluding carboxylic acids is 1. The van der Waals surface area contributed by atoms with E-state index in [0.29, 0.717) is 31.3 Å². The molecule has 8 nitrogen and oxygen atoms in total. The summed E-state index contributed by atoms with van der Waals surface area (Å²) in [6.07, 6.45) is 6.01. The number of likely N-dealkylation sites (tertiary alicyclic amines) is 1. The Morgan fingerprint density at radius 1 is 1.17 bits per heavy atom. The Kier molecular flexibility index (Phi) is 4.09. The molecule has 1 aromatic heterocycles. The normalized spacial score (nSPS) is 25.5. The molecule has 0 bridgehead atoms. The van der Waals surface area contributed by atoms with E-state index in [9.17, 15) is 13.2 Å². The number of hydrogen-bond acceptors (Lipinski definition) is 5. The Morgan fingerprint density at radius 3 is 2.67 bits per heavy atom. The molecule has 0 spiro atoms. The van der Waals surface area contributed by atoms with Gasteiger partial charge in [-0.15, -0.1) is 0 Å². The molecule has 0 saturated carbocycles. The number of carbonyl (C=O) groups is 1. The van der Waals surface area contributed by atoms with Gasteiger partial charge in [0.05, 0.1) is 23.7 Å². The van der Waals surface area contributed by atoms with Gasteiger partial charge >= 0.3 is 0 Å². The molecule has 3 aliphatic rings. The van der Waals surface area contributed by atoms with Gasteiger partial charge in [0.1, 0.15) is 0 Å². The number of rotatable bonds is 5. The van der Waals surface area contributed by atoms with Crippen molar-refractivity contribution in [1.29, 1.82) is 0 Å². The Labute approximate surface area is 142 Å². The zero-order valence-corrected chi connectivity index (χ0v) is 14.5. The number of aromatic nitrogens is 2. The Hall–Kier alpha value is -1.45. The van der Waals surface area contributed by atoms with Gasteiger partial charge in [-0.2, -0.15) is 5.10 Å². The number of anilines is 1. The molecule has 0 N–H and O–H groups in total. The van der Waals surface area contributed by atoms with Crippen molar-refractivity contribution in [3.63, 3.8) is 0 Å². The summed E-state index contributed by atoms with van der Waals surface area (Å²) < 4.78 is 27.1. The predicted octanol–water partition coefficient (Wildman–Crippen LogP) is -0.0979. The van der Waals surface area contributed by atoms with Crippen molar-refractivity contribution in [3.8, 4) is 0 Å². The molecule has 1 aromatic rings. The van der Waals surface area contributed by atoms with Crippen molar-refractivity contribution >= 4 is 21.6 Å². The van der Waals surface area contributed by atoms with Crippen LogP contribution in [0.1, 0.15) is 25.3 Å². The smallest absolute Gasteiger partial charge is 0.227 e. The molecule has 24 heavy (non-hydrogen) atoms. The standard InChI is InChI=1S/C15H23N5O3S/c21-15-3-1-5-19(15)13-9-16-20(12-13)14-10-17(11-14)6-7-18-4-2-8-24(18,22)23/h9,12,14H,1-8,10-11H2. The van der Waals surface area contributed by atoms with Gasteiger partial charge in [-0.05, 0) is 12.8 Å². The second-order valence-corrected chi connectivity index (χ2v) is 8.90. The quantitative estimate of drug-likeness (QED) is 0.739. The van der Waals surface area contributed by atoms with Gasteiger partial charge in [0.2, 0.25) is 15.9 Å². The van der Waals surface area contributed by atoms with Crippen LogP contribution in [0.3, 0.4) is 0 Å². The minimum Gasteiger partial charge on any atom is -0.309 e. The average Bonchev–Trinajstić information content (AvgIpc) is 3.18. The molecule has 0 aliphatic carbocycles. The summed E-state index contributed by atoms with van der Waals surface area (Å²) >= 11 is 0. The third kappa shape index (κ3) is 2.96. The van der Waals surface area contributed by atoms with Crippen LogP contribution < -0.4 is 4.90 Å². The van der Waals surface area contributed by atoms with Gasteiger partial charge in [0.15, 0.2) is 0 Å². The van der Waals surface area contributed by atoms with Crippen LogP contribution in [-0.2, 0) is 14.8 Å². The zero-order chi connectivity index (χ0) is 16.7. The number of amides is 1. The summed E-state index contributed by atoms with van der Waals surface area (Å²) in [4.78, 5) is 15.8. The number of nitrogens with zero attached hydrogens (tertiary/aromatic N) is 5. The molecule has 3 fully saturated rings. The first kappa shape index (κ1) is 16.0. The number of hydrogen-bond donors (Lipinski definition) is 0. The van der Waals surface area contributed by atoms with Gasteiger partial charge in [0.25, 0.3) is 0 Å². The van der Waals surface area contributed by atoms with Gasteiger partial charge in [-0.25, -0.2) is 12.7 Å². The molecule has 3 aliphatic heterocycles. The maximum Gasteiger partial charge on any atom is 0.227 e. The van der Waals surface area contributed by atoms with Crippen LogP contribution in [0.4, 0.5) is 5.69 Å². The van der Waals surface area contributed by atoms with E-state index in [-0.39, 0.29) is 5.91 Å². The first-order valence-corrected chi connectivity index (χ1v) is 10.2. The lowest BCUT2D eigenvalue weighted by Crippen LogP contribution is -2.50. The van der Waals surface area contributed by atoms with E-state index in [0.717, 1.165) is 44.7 Å². The van der Waals surface area contributed by atoms with Crippen LogP contribution in [0.5, 0.6) is 0 Å². The van der Waals surface area contributed by atoms with E-state index < -0.39 is 10.0 Å². The number of sulfonamides is 1. The molecular weight excluding hydrogens is 330 g/mol. The maximum atomic E-state index is 11.8. The second-order valence-electron chi connectivity index (χ2n) is 6.81. The van der Waals surface area contributed by atoms with Crippen LogP contribution >= 0.6 is 0 Å². The highest BCUT2D eigenvalue weighted by Crippen LogP contribution is 2.25. The molecule has 4 heterocycles. The lowest BCUT2D eigenvalue weighted by Gasteiger charge is -2.39. The van der Waals surface area contributed by atoms with E-state index >= 15 is 0 Å². The highest BCUT2D eigenvalue weighted by atomic mass is 32.2. The summed E-state index contributed by atoms with van der Waals surface area (Å²) in [7, 11) is -2.99. The molecular formula is C15H23N5O3S. The van der Waals surface area contributed by atoms with E-state index in [1.807, 2.05) is 10.9 Å². The van der Waals surface area contributed by atoms with Gasteiger partial charge < -0.3 is 4.90 Å². The van der Waals surface area contributed by atoms with Crippen LogP contribution in [0.25, 0.3) is 0 Å². The minimum atomic E-state index is -2.99. The average molecular weight is 353 g/mol. The summed E-state index contributed by atoms with van der Waals surface area (Å²) in [6, 6.07) is 0.312. The van der Waals surface area contributed by atoms with Crippen LogP contribution in [0.15, 0.2) is 12.4 Å². The fourth-order valence-electron chi connectivity index (χ4n) is 3.68. The summed E-state index contributed by atoms with van der Waals surface area (Å²) in [5.74, 6) is 0.470. The second kappa shape index (κ2) is 6.12. The summed E-state index contributed by atoms with van der Waals surface area (Å²) in [6.45, 7) is 4.56. The summed E-state index contributed by atoms with van der Waals surface area (Å²) in [5, 5.41) is 4.40. The lowest BCUT2D eigenvalue weighted by atomic mass is 10.1. The topological polar surface area (TPSA) is 78.8 Å². The fraction of sp³-hybridized carbons (Fsp3) is 0.733. The monoisotopic (exact) mass is 353 g/mol. The van der Waals surface area contributed by atoms with Gasteiger partial charge in [-0.3, -0.25) is 14.4 Å². The van der Waals surface area contributed by atoms with Crippen molar-refractivity contribution < 1.29 is 13.2 Å². The van der Waals surface area contributed by atoms with E-state index in [4.69, 9.17) is 0 Å². The molecule has 0 unspecified atom stereocenters. The SMILES string of the molecule is O=C1CCCN1c1cnn(C2CN(CCN3CCCS3(=O)=O)C2)c1. The third-order valence-electron chi connectivity index (χ3n) is 5.15. The third-order valence-corrected chi connectivity index (χ3v) is 7.11.